The Morgan fingerprint density at radius 1 is 1.00 bits per heavy atom. The molecule has 0 aliphatic heterocycles. The minimum atomic E-state index is -1.83. The van der Waals surface area contributed by atoms with Crippen LogP contribution in [0.4, 0.5) is 0 Å². The van der Waals surface area contributed by atoms with Crippen LogP contribution < -0.4 is 11.0 Å². The van der Waals surface area contributed by atoms with Gasteiger partial charge >= 0.3 is 0 Å². The molecule has 8 nitrogen and oxygen atoms in total. The monoisotopic (exact) mass is 206 g/mol. The van der Waals surface area contributed by atoms with Gasteiger partial charge in [0.05, 0.1) is 0 Å². The second-order valence-corrected chi connectivity index (χ2v) is 2.91. The van der Waals surface area contributed by atoms with Gasteiger partial charge in [-0.1, -0.05) is 0 Å². The number of hydroxylamine groups is 2. The van der Waals surface area contributed by atoms with Gasteiger partial charge in [-0.2, -0.15) is 11.0 Å². The lowest BCUT2D eigenvalue weighted by atomic mass is 9.85. The van der Waals surface area contributed by atoms with Crippen LogP contribution in [0.2, 0.25) is 0 Å². The molecule has 0 amide bonds. The summed E-state index contributed by atoms with van der Waals surface area (Å²) in [6, 6.07) is -3.15. The number of carbonyl (C=O) groups excluding carboxylic acids is 2. The highest BCUT2D eigenvalue weighted by Gasteiger charge is 2.48. The Hall–Kier alpha value is -0.900. The number of rotatable bonds is 2. The zero-order valence-electron chi connectivity index (χ0n) is 6.91. The van der Waals surface area contributed by atoms with E-state index in [4.69, 9.17) is 20.6 Å². The molecule has 0 aromatic carbocycles. The van der Waals surface area contributed by atoms with Gasteiger partial charge in [0.15, 0.2) is 17.6 Å². The average molecular weight is 206 g/mol. The molecule has 1 aliphatic rings. The minimum absolute atomic E-state index is 0.946. The summed E-state index contributed by atoms with van der Waals surface area (Å²) in [6.45, 7) is 0. The van der Waals surface area contributed by atoms with Crippen LogP contribution in [-0.2, 0) is 9.59 Å². The van der Waals surface area contributed by atoms with Crippen LogP contribution in [0, 0.1) is 0 Å². The van der Waals surface area contributed by atoms with Crippen molar-refractivity contribution in [3.8, 4) is 0 Å². The number of carbonyl (C=O) groups is 2. The Morgan fingerprint density at radius 2 is 1.57 bits per heavy atom. The standard InChI is InChI=1S/C6H10N2O6/c9-3-1(7-13)4(10)6(12)5(11)2(3)8-14/h1-2,4,6-8,10,12-14H. The molecule has 8 heteroatoms. The van der Waals surface area contributed by atoms with Crippen LogP contribution in [0.15, 0.2) is 0 Å². The van der Waals surface area contributed by atoms with E-state index < -0.39 is 35.9 Å². The van der Waals surface area contributed by atoms with E-state index in [0.717, 1.165) is 0 Å². The van der Waals surface area contributed by atoms with E-state index in [1.165, 1.54) is 11.0 Å². The third-order valence-electron chi connectivity index (χ3n) is 2.10. The Kier molecular flexibility index (Phi) is 3.26. The van der Waals surface area contributed by atoms with Crippen LogP contribution in [0.25, 0.3) is 0 Å². The molecule has 14 heavy (non-hydrogen) atoms. The van der Waals surface area contributed by atoms with Crippen LogP contribution in [0.5, 0.6) is 0 Å². The lowest BCUT2D eigenvalue weighted by molar-refractivity contribution is -0.158. The van der Waals surface area contributed by atoms with Crippen LogP contribution in [0.1, 0.15) is 0 Å². The molecule has 0 aromatic heterocycles. The van der Waals surface area contributed by atoms with Crippen LogP contribution >= 0.6 is 0 Å². The van der Waals surface area contributed by atoms with Gasteiger partial charge in [0.25, 0.3) is 0 Å². The van der Waals surface area contributed by atoms with Crippen LogP contribution in [-0.4, -0.2) is 56.5 Å². The van der Waals surface area contributed by atoms with E-state index in [-0.39, 0.29) is 0 Å². The summed E-state index contributed by atoms with van der Waals surface area (Å²) in [5.74, 6) is -1.99. The van der Waals surface area contributed by atoms with E-state index in [1.807, 2.05) is 0 Å². The molecule has 6 N–H and O–H groups in total. The quantitative estimate of drug-likeness (QED) is 0.202. The van der Waals surface area contributed by atoms with Crippen molar-refractivity contribution in [1.82, 2.24) is 11.0 Å². The van der Waals surface area contributed by atoms with Gasteiger partial charge in [-0.05, 0) is 0 Å². The maximum Gasteiger partial charge on any atom is 0.190 e. The molecule has 0 spiro atoms. The highest BCUT2D eigenvalue weighted by atomic mass is 16.5. The lowest BCUT2D eigenvalue weighted by Crippen LogP contribution is -2.66. The molecule has 80 valence electrons. The predicted molar refractivity (Wildman–Crippen MR) is 39.4 cm³/mol. The molecular weight excluding hydrogens is 196 g/mol. The lowest BCUT2D eigenvalue weighted by Gasteiger charge is -2.32. The number of nitrogens with one attached hydrogen (secondary N) is 2. The van der Waals surface area contributed by atoms with Crippen molar-refractivity contribution < 1.29 is 30.2 Å². The second kappa shape index (κ2) is 4.09. The predicted octanol–water partition coefficient (Wildman–Crippen LogP) is -3.45. The van der Waals surface area contributed by atoms with Crippen molar-refractivity contribution in [2.24, 2.45) is 0 Å². The summed E-state index contributed by atoms with van der Waals surface area (Å²) in [7, 11) is 0. The van der Waals surface area contributed by atoms with E-state index in [1.54, 1.807) is 0 Å². The fourth-order valence-corrected chi connectivity index (χ4v) is 1.28. The van der Waals surface area contributed by atoms with Crippen molar-refractivity contribution in [3.63, 3.8) is 0 Å². The molecule has 1 aliphatic carbocycles. The number of hydrogen-bond acceptors (Lipinski definition) is 8. The highest BCUT2D eigenvalue weighted by molar-refractivity contribution is 6.13. The number of aliphatic hydroxyl groups excluding tert-OH is 2. The summed E-state index contributed by atoms with van der Waals surface area (Å²) in [5, 5.41) is 35.2. The normalized spacial score (nSPS) is 38.9. The molecule has 4 atom stereocenters. The van der Waals surface area contributed by atoms with Gasteiger partial charge in [0, 0.05) is 0 Å². The highest BCUT2D eigenvalue weighted by Crippen LogP contribution is 2.13. The second-order valence-electron chi connectivity index (χ2n) is 2.91. The molecule has 0 saturated heterocycles. The van der Waals surface area contributed by atoms with Crippen molar-refractivity contribution >= 4 is 11.6 Å². The fourth-order valence-electron chi connectivity index (χ4n) is 1.28. The molecule has 1 rings (SSSR count). The molecule has 0 bridgehead atoms. The Bertz CT molecular complexity index is 257. The summed E-state index contributed by atoms with van der Waals surface area (Å²) >= 11 is 0. The van der Waals surface area contributed by atoms with Crippen molar-refractivity contribution in [1.29, 1.82) is 0 Å². The SMILES string of the molecule is O=C1C(NO)C(=O)C(NO)C(O)C1O. The van der Waals surface area contributed by atoms with E-state index >= 15 is 0 Å². The first-order valence-electron chi connectivity index (χ1n) is 3.77. The first-order chi connectivity index (χ1) is 6.54. The molecule has 1 saturated carbocycles. The summed E-state index contributed by atoms with van der Waals surface area (Å²) in [4.78, 5) is 22.3. The minimum Gasteiger partial charge on any atom is -0.388 e. The van der Waals surface area contributed by atoms with Crippen molar-refractivity contribution in [2.45, 2.75) is 24.3 Å². The third-order valence-corrected chi connectivity index (χ3v) is 2.10. The van der Waals surface area contributed by atoms with Gasteiger partial charge in [-0.15, -0.1) is 0 Å². The largest absolute Gasteiger partial charge is 0.388 e. The summed E-state index contributed by atoms with van der Waals surface area (Å²) < 4.78 is 0. The first kappa shape index (κ1) is 11.2. The Morgan fingerprint density at radius 3 is 2.00 bits per heavy atom. The Balaban J connectivity index is 2.94. The molecule has 0 radical (unpaired) electrons. The molecule has 4 unspecified atom stereocenters. The van der Waals surface area contributed by atoms with Crippen molar-refractivity contribution in [3.05, 3.63) is 0 Å². The molecule has 0 aromatic rings. The van der Waals surface area contributed by atoms with E-state index in [2.05, 4.69) is 0 Å². The zero-order valence-corrected chi connectivity index (χ0v) is 6.91. The van der Waals surface area contributed by atoms with Crippen molar-refractivity contribution in [2.75, 3.05) is 0 Å². The maximum absolute atomic E-state index is 11.2. The summed E-state index contributed by atoms with van der Waals surface area (Å²) in [5.41, 5.74) is 2.85. The first-order valence-corrected chi connectivity index (χ1v) is 3.77. The smallest absolute Gasteiger partial charge is 0.190 e. The molecule has 0 heterocycles. The molecule has 1 fully saturated rings. The maximum atomic E-state index is 11.2. The van der Waals surface area contributed by atoms with Gasteiger partial charge in [-0.3, -0.25) is 9.59 Å². The van der Waals surface area contributed by atoms with E-state index in [9.17, 15) is 9.59 Å². The van der Waals surface area contributed by atoms with Gasteiger partial charge in [0.1, 0.15) is 18.2 Å². The van der Waals surface area contributed by atoms with Gasteiger partial charge in [0.2, 0.25) is 0 Å². The third kappa shape index (κ3) is 1.54. The average Bonchev–Trinajstić information content (AvgIpc) is 2.16. The zero-order chi connectivity index (χ0) is 10.9. The number of aliphatic hydroxyl groups is 2. The van der Waals surface area contributed by atoms with Gasteiger partial charge < -0.3 is 20.6 Å². The van der Waals surface area contributed by atoms with Crippen LogP contribution in [0.3, 0.4) is 0 Å². The number of hydrogen-bond donors (Lipinski definition) is 6. The van der Waals surface area contributed by atoms with E-state index in [0.29, 0.717) is 0 Å². The topological polar surface area (TPSA) is 139 Å². The Labute approximate surface area is 78.1 Å². The fraction of sp³-hybridized carbons (Fsp3) is 0.667. The number of ketones is 2. The number of Topliss-reactive ketones (excluding diaryl/α,β-unsaturated/α-hetero) is 2. The van der Waals surface area contributed by atoms with Gasteiger partial charge in [-0.25, -0.2) is 0 Å². The molecular formula is C6H10N2O6. The summed E-state index contributed by atoms with van der Waals surface area (Å²) in [6.07, 6.45) is -3.56.